The topological polar surface area (TPSA) is 130 Å². The molecular formula is C8H14N2O5. The van der Waals surface area contributed by atoms with Gasteiger partial charge in [-0.25, -0.2) is 4.79 Å². The first kappa shape index (κ1) is 13.4. The van der Waals surface area contributed by atoms with Gasteiger partial charge in [-0.3, -0.25) is 9.59 Å². The summed E-state index contributed by atoms with van der Waals surface area (Å²) in [5, 5.41) is 19.2. The molecule has 1 unspecified atom stereocenters. The molecule has 5 N–H and O–H groups in total. The van der Waals surface area contributed by atoms with Crippen LogP contribution in [0, 0.1) is 0 Å². The number of carbonyl (C=O) groups is 3. The largest absolute Gasteiger partial charge is 0.481 e. The van der Waals surface area contributed by atoms with Gasteiger partial charge in [-0.2, -0.15) is 0 Å². The van der Waals surface area contributed by atoms with Crippen molar-refractivity contribution in [2.45, 2.75) is 25.3 Å². The van der Waals surface area contributed by atoms with Crippen LogP contribution in [-0.2, 0) is 14.4 Å². The summed E-state index contributed by atoms with van der Waals surface area (Å²) in [4.78, 5) is 31.8. The minimum absolute atomic E-state index is 0.0247. The Hall–Kier alpha value is -1.63. The minimum atomic E-state index is -1.25. The van der Waals surface area contributed by atoms with Crippen LogP contribution in [0.1, 0.15) is 19.3 Å². The molecule has 0 fully saturated rings. The summed E-state index contributed by atoms with van der Waals surface area (Å²) in [5.41, 5.74) is 5.10. The van der Waals surface area contributed by atoms with Gasteiger partial charge in [0, 0.05) is 19.4 Å². The highest BCUT2D eigenvalue weighted by atomic mass is 16.4. The van der Waals surface area contributed by atoms with Crippen LogP contribution in [0.4, 0.5) is 0 Å². The zero-order valence-corrected chi connectivity index (χ0v) is 8.10. The number of nitrogens with one attached hydrogen (secondary N) is 1. The molecule has 1 atom stereocenters. The molecular weight excluding hydrogens is 204 g/mol. The number of aliphatic carboxylic acids is 2. The molecule has 7 heteroatoms. The Labute approximate surface area is 86.3 Å². The van der Waals surface area contributed by atoms with E-state index in [4.69, 9.17) is 15.9 Å². The van der Waals surface area contributed by atoms with Gasteiger partial charge < -0.3 is 21.3 Å². The predicted molar refractivity (Wildman–Crippen MR) is 50.1 cm³/mol. The third-order valence-corrected chi connectivity index (χ3v) is 1.65. The maximum Gasteiger partial charge on any atom is 0.326 e. The molecule has 0 rings (SSSR count). The van der Waals surface area contributed by atoms with E-state index in [1.165, 1.54) is 0 Å². The highest BCUT2D eigenvalue weighted by molar-refractivity contribution is 5.84. The van der Waals surface area contributed by atoms with Crippen molar-refractivity contribution in [1.29, 1.82) is 0 Å². The number of hydrogen-bond donors (Lipinski definition) is 4. The van der Waals surface area contributed by atoms with E-state index >= 15 is 0 Å². The van der Waals surface area contributed by atoms with E-state index in [-0.39, 0.29) is 25.8 Å². The molecule has 0 aromatic rings. The fourth-order valence-corrected chi connectivity index (χ4v) is 0.923. The number of amides is 1. The van der Waals surface area contributed by atoms with Crippen LogP contribution in [-0.4, -0.2) is 40.6 Å². The summed E-state index contributed by atoms with van der Waals surface area (Å²) in [6.07, 6.45) is -0.419. The van der Waals surface area contributed by atoms with Crippen molar-refractivity contribution < 1.29 is 24.6 Å². The SMILES string of the molecule is NCCC(=O)NC(CCC(=O)O)C(=O)O. The van der Waals surface area contributed by atoms with Gasteiger partial charge in [0.15, 0.2) is 0 Å². The van der Waals surface area contributed by atoms with Crippen LogP contribution in [0.15, 0.2) is 0 Å². The predicted octanol–water partition coefficient (Wildman–Crippen LogP) is -1.23. The first-order valence-corrected chi connectivity index (χ1v) is 4.41. The van der Waals surface area contributed by atoms with Gasteiger partial charge in [0.05, 0.1) is 0 Å². The van der Waals surface area contributed by atoms with Gasteiger partial charge in [-0.1, -0.05) is 0 Å². The molecule has 0 radical (unpaired) electrons. The molecule has 0 heterocycles. The van der Waals surface area contributed by atoms with E-state index in [0.29, 0.717) is 0 Å². The minimum Gasteiger partial charge on any atom is -0.481 e. The van der Waals surface area contributed by atoms with Gasteiger partial charge in [-0.05, 0) is 6.42 Å². The normalized spacial score (nSPS) is 11.8. The van der Waals surface area contributed by atoms with Crippen molar-refractivity contribution in [3.63, 3.8) is 0 Å². The van der Waals surface area contributed by atoms with E-state index in [0.717, 1.165) is 0 Å². The second-order valence-electron chi connectivity index (χ2n) is 2.93. The highest BCUT2D eigenvalue weighted by Crippen LogP contribution is 1.98. The van der Waals surface area contributed by atoms with Gasteiger partial charge in [-0.15, -0.1) is 0 Å². The smallest absolute Gasteiger partial charge is 0.326 e. The van der Waals surface area contributed by atoms with Crippen molar-refractivity contribution >= 4 is 17.8 Å². The number of rotatable bonds is 7. The Kier molecular flexibility index (Phi) is 6.03. The molecule has 86 valence electrons. The van der Waals surface area contributed by atoms with Crippen molar-refractivity contribution in [1.82, 2.24) is 5.32 Å². The standard InChI is InChI=1S/C8H14N2O5/c9-4-3-6(11)10-5(8(14)15)1-2-7(12)13/h5H,1-4,9H2,(H,10,11)(H,12,13)(H,14,15). The summed E-state index contributed by atoms with van der Waals surface area (Å²) in [6.45, 7) is 0.122. The molecule has 0 saturated heterocycles. The first-order valence-electron chi connectivity index (χ1n) is 4.41. The Morgan fingerprint density at radius 1 is 1.20 bits per heavy atom. The van der Waals surface area contributed by atoms with Crippen LogP contribution in [0.5, 0.6) is 0 Å². The number of carboxylic acid groups (broad SMARTS) is 2. The molecule has 1 amide bonds. The lowest BCUT2D eigenvalue weighted by molar-refractivity contribution is -0.143. The molecule has 0 aliphatic heterocycles. The first-order chi connectivity index (χ1) is 6.97. The monoisotopic (exact) mass is 218 g/mol. The summed E-state index contributed by atoms with van der Waals surface area (Å²) in [5.74, 6) is -2.84. The molecule has 0 bridgehead atoms. The third kappa shape index (κ3) is 6.44. The number of carboxylic acids is 2. The second-order valence-corrected chi connectivity index (χ2v) is 2.93. The van der Waals surface area contributed by atoms with E-state index in [1.807, 2.05) is 0 Å². The quantitative estimate of drug-likeness (QED) is 0.423. The molecule has 0 spiro atoms. The molecule has 7 nitrogen and oxygen atoms in total. The Balaban J connectivity index is 4.10. The van der Waals surface area contributed by atoms with Crippen molar-refractivity contribution in [3.05, 3.63) is 0 Å². The van der Waals surface area contributed by atoms with Gasteiger partial charge >= 0.3 is 11.9 Å². The number of nitrogens with two attached hydrogens (primary N) is 1. The Morgan fingerprint density at radius 2 is 1.80 bits per heavy atom. The van der Waals surface area contributed by atoms with Crippen molar-refractivity contribution in [2.24, 2.45) is 5.73 Å². The fraction of sp³-hybridized carbons (Fsp3) is 0.625. The van der Waals surface area contributed by atoms with Crippen LogP contribution >= 0.6 is 0 Å². The average molecular weight is 218 g/mol. The maximum absolute atomic E-state index is 11.0. The molecule has 0 aliphatic carbocycles. The summed E-state index contributed by atoms with van der Waals surface area (Å²) in [7, 11) is 0. The lowest BCUT2D eigenvalue weighted by Gasteiger charge is -2.12. The lowest BCUT2D eigenvalue weighted by atomic mass is 10.1. The molecule has 15 heavy (non-hydrogen) atoms. The zero-order chi connectivity index (χ0) is 11.8. The van der Waals surface area contributed by atoms with Crippen molar-refractivity contribution in [3.8, 4) is 0 Å². The van der Waals surface area contributed by atoms with E-state index < -0.39 is 23.9 Å². The van der Waals surface area contributed by atoms with Gasteiger partial charge in [0.1, 0.15) is 6.04 Å². The molecule has 0 saturated carbocycles. The molecule has 0 aromatic heterocycles. The summed E-state index contributed by atoms with van der Waals surface area (Å²) >= 11 is 0. The molecule has 0 aliphatic rings. The highest BCUT2D eigenvalue weighted by Gasteiger charge is 2.20. The van der Waals surface area contributed by atoms with E-state index in [1.54, 1.807) is 0 Å². The molecule has 0 aromatic carbocycles. The Bertz CT molecular complexity index is 253. The number of carbonyl (C=O) groups excluding carboxylic acids is 1. The van der Waals surface area contributed by atoms with Crippen molar-refractivity contribution in [2.75, 3.05) is 6.54 Å². The maximum atomic E-state index is 11.0. The second kappa shape index (κ2) is 6.77. The zero-order valence-electron chi connectivity index (χ0n) is 8.10. The Morgan fingerprint density at radius 3 is 2.20 bits per heavy atom. The van der Waals surface area contributed by atoms with Crippen LogP contribution < -0.4 is 11.1 Å². The summed E-state index contributed by atoms with van der Waals surface area (Å²) < 4.78 is 0. The fourth-order valence-electron chi connectivity index (χ4n) is 0.923. The lowest BCUT2D eigenvalue weighted by Crippen LogP contribution is -2.41. The van der Waals surface area contributed by atoms with E-state index in [2.05, 4.69) is 5.32 Å². The van der Waals surface area contributed by atoms with Crippen LogP contribution in [0.25, 0.3) is 0 Å². The van der Waals surface area contributed by atoms with Gasteiger partial charge in [0.25, 0.3) is 0 Å². The van der Waals surface area contributed by atoms with Crippen LogP contribution in [0.2, 0.25) is 0 Å². The van der Waals surface area contributed by atoms with Gasteiger partial charge in [0.2, 0.25) is 5.91 Å². The summed E-state index contributed by atoms with van der Waals surface area (Å²) in [6, 6.07) is -1.17. The van der Waals surface area contributed by atoms with E-state index in [9.17, 15) is 14.4 Å². The third-order valence-electron chi connectivity index (χ3n) is 1.65. The number of hydrogen-bond acceptors (Lipinski definition) is 4. The average Bonchev–Trinajstić information content (AvgIpc) is 2.11. The van der Waals surface area contributed by atoms with Crippen LogP contribution in [0.3, 0.4) is 0 Å².